The van der Waals surface area contributed by atoms with Crippen LogP contribution in [0.15, 0.2) is 41.5 Å². The lowest BCUT2D eigenvalue weighted by Gasteiger charge is -2.13. The fraction of sp³-hybridized carbons (Fsp3) is 0.273. The van der Waals surface area contributed by atoms with Gasteiger partial charge in [0.1, 0.15) is 6.33 Å². The molecule has 16 heavy (non-hydrogen) atoms. The van der Waals surface area contributed by atoms with Gasteiger partial charge in [0.15, 0.2) is 0 Å². The van der Waals surface area contributed by atoms with E-state index in [0.29, 0.717) is 6.42 Å². The van der Waals surface area contributed by atoms with E-state index in [9.17, 15) is 9.90 Å². The largest absolute Gasteiger partial charge is 0.394 e. The molecule has 2 aromatic rings. The quantitative estimate of drug-likeness (QED) is 0.779. The minimum Gasteiger partial charge on any atom is -0.394 e. The normalized spacial score (nSPS) is 12.6. The summed E-state index contributed by atoms with van der Waals surface area (Å²) in [4.78, 5) is 11.3. The molecule has 1 atom stereocenters. The van der Waals surface area contributed by atoms with Crippen molar-refractivity contribution >= 4 is 0 Å². The number of rotatable bonds is 4. The molecule has 0 saturated carbocycles. The van der Waals surface area contributed by atoms with E-state index in [-0.39, 0.29) is 18.3 Å². The Labute approximate surface area is 92.4 Å². The Morgan fingerprint density at radius 2 is 2.12 bits per heavy atom. The zero-order chi connectivity index (χ0) is 11.4. The Morgan fingerprint density at radius 3 is 2.69 bits per heavy atom. The van der Waals surface area contributed by atoms with Crippen molar-refractivity contribution in [3.05, 3.63) is 52.7 Å². The van der Waals surface area contributed by atoms with Crippen LogP contribution in [0.3, 0.4) is 0 Å². The molecule has 0 spiro atoms. The Morgan fingerprint density at radius 1 is 1.38 bits per heavy atom. The van der Waals surface area contributed by atoms with E-state index < -0.39 is 0 Å². The Bertz CT molecular complexity index is 489. The molecule has 0 unspecified atom stereocenters. The first kappa shape index (κ1) is 10.6. The number of aromatic nitrogens is 3. The molecule has 0 aliphatic rings. The fourth-order valence-corrected chi connectivity index (χ4v) is 1.65. The number of nitrogens with one attached hydrogen (secondary N) is 1. The summed E-state index contributed by atoms with van der Waals surface area (Å²) in [6, 6.07) is 9.46. The number of benzene rings is 1. The number of nitrogens with zero attached hydrogens (tertiary/aromatic N) is 2. The molecule has 5 nitrogen and oxygen atoms in total. The highest BCUT2D eigenvalue weighted by atomic mass is 16.3. The van der Waals surface area contributed by atoms with Crippen LogP contribution in [0, 0.1) is 0 Å². The first-order valence-corrected chi connectivity index (χ1v) is 5.07. The number of H-pyrrole nitrogens is 1. The molecular weight excluding hydrogens is 206 g/mol. The van der Waals surface area contributed by atoms with Crippen LogP contribution in [0.2, 0.25) is 0 Å². The highest BCUT2D eigenvalue weighted by molar-refractivity contribution is 5.15. The van der Waals surface area contributed by atoms with Gasteiger partial charge in [-0.2, -0.15) is 5.10 Å². The third-order valence-electron chi connectivity index (χ3n) is 2.50. The van der Waals surface area contributed by atoms with Crippen LogP contribution < -0.4 is 5.69 Å². The van der Waals surface area contributed by atoms with E-state index in [2.05, 4.69) is 10.2 Å². The minimum atomic E-state index is -0.296. The lowest BCUT2D eigenvalue weighted by molar-refractivity contribution is 0.224. The molecule has 0 bridgehead atoms. The molecule has 0 radical (unpaired) electrons. The molecule has 2 N–H and O–H groups in total. The van der Waals surface area contributed by atoms with Gasteiger partial charge in [-0.15, -0.1) is 0 Å². The van der Waals surface area contributed by atoms with Crippen LogP contribution >= 0.6 is 0 Å². The minimum absolute atomic E-state index is 0.0890. The first-order chi connectivity index (χ1) is 7.81. The van der Waals surface area contributed by atoms with Crippen LogP contribution in [-0.4, -0.2) is 26.5 Å². The SMILES string of the molecule is O=c1[nH]ncn1[C@@H](CO)Cc1ccccc1. The van der Waals surface area contributed by atoms with Crippen molar-refractivity contribution in [2.24, 2.45) is 0 Å². The fourth-order valence-electron chi connectivity index (χ4n) is 1.65. The van der Waals surface area contributed by atoms with E-state index in [0.717, 1.165) is 5.56 Å². The summed E-state index contributed by atoms with van der Waals surface area (Å²) >= 11 is 0. The van der Waals surface area contributed by atoms with E-state index in [4.69, 9.17) is 0 Å². The maximum absolute atomic E-state index is 11.3. The van der Waals surface area contributed by atoms with E-state index in [1.807, 2.05) is 30.3 Å². The molecule has 2 rings (SSSR count). The summed E-state index contributed by atoms with van der Waals surface area (Å²) in [5.41, 5.74) is 0.782. The van der Waals surface area contributed by atoms with Gasteiger partial charge < -0.3 is 5.11 Å². The second kappa shape index (κ2) is 4.76. The number of aliphatic hydroxyl groups is 1. The maximum Gasteiger partial charge on any atom is 0.343 e. The van der Waals surface area contributed by atoms with Crippen LogP contribution in [0.1, 0.15) is 11.6 Å². The summed E-state index contributed by atoms with van der Waals surface area (Å²) in [6.07, 6.45) is 2.02. The van der Waals surface area contributed by atoms with Crippen molar-refractivity contribution < 1.29 is 5.11 Å². The number of aliphatic hydroxyl groups excluding tert-OH is 1. The molecule has 1 heterocycles. The lowest BCUT2D eigenvalue weighted by atomic mass is 10.1. The monoisotopic (exact) mass is 219 g/mol. The molecule has 0 aliphatic carbocycles. The molecule has 0 amide bonds. The van der Waals surface area contributed by atoms with Crippen molar-refractivity contribution in [2.75, 3.05) is 6.61 Å². The average Bonchev–Trinajstić information content (AvgIpc) is 2.74. The standard InChI is InChI=1S/C11H13N3O2/c15-7-10(14-8-12-13-11(14)16)6-9-4-2-1-3-5-9/h1-5,8,10,15H,6-7H2,(H,13,16)/t10-/m1/s1. The van der Waals surface area contributed by atoms with Crippen molar-refractivity contribution in [3.8, 4) is 0 Å². The van der Waals surface area contributed by atoms with Gasteiger partial charge in [-0.1, -0.05) is 30.3 Å². The van der Waals surface area contributed by atoms with Gasteiger partial charge in [-0.05, 0) is 12.0 Å². The summed E-state index contributed by atoms with van der Waals surface area (Å²) in [5.74, 6) is 0. The van der Waals surface area contributed by atoms with Gasteiger partial charge >= 0.3 is 5.69 Å². The zero-order valence-corrected chi connectivity index (χ0v) is 8.71. The van der Waals surface area contributed by atoms with Gasteiger partial charge in [0, 0.05) is 0 Å². The molecule has 0 fully saturated rings. The van der Waals surface area contributed by atoms with Crippen molar-refractivity contribution in [1.82, 2.24) is 14.8 Å². The van der Waals surface area contributed by atoms with Crippen LogP contribution in [0.25, 0.3) is 0 Å². The van der Waals surface area contributed by atoms with E-state index in [1.165, 1.54) is 10.9 Å². The van der Waals surface area contributed by atoms with Crippen LogP contribution in [0.4, 0.5) is 0 Å². The van der Waals surface area contributed by atoms with Gasteiger partial charge in [-0.25, -0.2) is 9.89 Å². The zero-order valence-electron chi connectivity index (χ0n) is 8.71. The molecule has 0 aliphatic heterocycles. The molecule has 84 valence electrons. The summed E-state index contributed by atoms with van der Waals surface area (Å²) in [5, 5.41) is 15.2. The summed E-state index contributed by atoms with van der Waals surface area (Å²) < 4.78 is 1.41. The maximum atomic E-state index is 11.3. The van der Waals surface area contributed by atoms with Crippen molar-refractivity contribution in [3.63, 3.8) is 0 Å². The van der Waals surface area contributed by atoms with Gasteiger partial charge in [-0.3, -0.25) is 4.57 Å². The van der Waals surface area contributed by atoms with E-state index in [1.54, 1.807) is 0 Å². The highest BCUT2D eigenvalue weighted by Gasteiger charge is 2.12. The second-order valence-corrected chi connectivity index (χ2v) is 3.59. The molecule has 5 heteroatoms. The third kappa shape index (κ3) is 2.20. The Hall–Kier alpha value is -1.88. The van der Waals surface area contributed by atoms with Crippen molar-refractivity contribution in [2.45, 2.75) is 12.5 Å². The van der Waals surface area contributed by atoms with Gasteiger partial charge in [0.2, 0.25) is 0 Å². The molecule has 1 aromatic carbocycles. The molecular formula is C11H13N3O2. The smallest absolute Gasteiger partial charge is 0.343 e. The predicted molar refractivity (Wildman–Crippen MR) is 59.1 cm³/mol. The van der Waals surface area contributed by atoms with Crippen LogP contribution in [0.5, 0.6) is 0 Å². The predicted octanol–water partition coefficient (Wildman–Crippen LogP) is 0.347. The van der Waals surface area contributed by atoms with Gasteiger partial charge in [0.25, 0.3) is 0 Å². The molecule has 1 aromatic heterocycles. The Balaban J connectivity index is 2.19. The number of hydrogen-bond acceptors (Lipinski definition) is 3. The van der Waals surface area contributed by atoms with E-state index >= 15 is 0 Å². The summed E-state index contributed by atoms with van der Waals surface area (Å²) in [7, 11) is 0. The van der Waals surface area contributed by atoms with Crippen LogP contribution in [-0.2, 0) is 6.42 Å². The lowest BCUT2D eigenvalue weighted by Crippen LogP contribution is -2.25. The Kier molecular flexibility index (Phi) is 3.16. The molecule has 0 saturated heterocycles. The number of hydrogen-bond donors (Lipinski definition) is 2. The number of aromatic amines is 1. The summed E-state index contributed by atoms with van der Waals surface area (Å²) in [6.45, 7) is -0.0890. The topological polar surface area (TPSA) is 70.9 Å². The second-order valence-electron chi connectivity index (χ2n) is 3.59. The third-order valence-corrected chi connectivity index (χ3v) is 2.50. The van der Waals surface area contributed by atoms with Gasteiger partial charge in [0.05, 0.1) is 12.6 Å². The highest BCUT2D eigenvalue weighted by Crippen LogP contribution is 2.11. The van der Waals surface area contributed by atoms with Crippen molar-refractivity contribution in [1.29, 1.82) is 0 Å². The average molecular weight is 219 g/mol. The first-order valence-electron chi connectivity index (χ1n) is 5.07.